The van der Waals surface area contributed by atoms with E-state index in [0.29, 0.717) is 13.2 Å². The Hall–Kier alpha value is -0.900. The summed E-state index contributed by atoms with van der Waals surface area (Å²) in [5, 5.41) is 0. The zero-order valence-corrected chi connectivity index (χ0v) is 11.5. The highest BCUT2D eigenvalue weighted by molar-refractivity contribution is 5.94. The van der Waals surface area contributed by atoms with Crippen LogP contribution in [0.2, 0.25) is 0 Å². The molecule has 0 heterocycles. The van der Waals surface area contributed by atoms with Gasteiger partial charge in [0.25, 0.3) is 0 Å². The third-order valence-electron chi connectivity index (χ3n) is 2.04. The molecule has 0 saturated heterocycles. The second-order valence-electron chi connectivity index (χ2n) is 5.41. The predicted octanol–water partition coefficient (Wildman–Crippen LogP) is 2.35. The van der Waals surface area contributed by atoms with Crippen molar-refractivity contribution in [3.8, 4) is 0 Å². The number of carbonyl (C=O) groups excluding carboxylic acids is 2. The number of hydrogen-bond donors (Lipinski definition) is 0. The van der Waals surface area contributed by atoms with Gasteiger partial charge in [-0.05, 0) is 25.7 Å². The highest BCUT2D eigenvalue weighted by Gasteiger charge is 2.22. The standard InChI is InChI=1S/C13H24O4/c1-6-16-9-11(8-13(3,4)5)17-12(15)7-10(2)14/h11H,6-9H2,1-5H3. The fraction of sp³-hybridized carbons (Fsp3) is 0.846. The van der Waals surface area contributed by atoms with Crippen molar-refractivity contribution in [2.45, 2.75) is 53.6 Å². The molecule has 0 radical (unpaired) electrons. The maximum absolute atomic E-state index is 11.4. The molecule has 1 atom stereocenters. The van der Waals surface area contributed by atoms with Crippen LogP contribution in [-0.4, -0.2) is 31.1 Å². The van der Waals surface area contributed by atoms with Gasteiger partial charge in [0.15, 0.2) is 0 Å². The first kappa shape index (κ1) is 16.1. The van der Waals surface area contributed by atoms with E-state index in [9.17, 15) is 9.59 Å². The Labute approximate surface area is 104 Å². The van der Waals surface area contributed by atoms with Gasteiger partial charge in [0.05, 0.1) is 6.61 Å². The first-order valence-electron chi connectivity index (χ1n) is 6.01. The molecule has 0 saturated carbocycles. The lowest BCUT2D eigenvalue weighted by atomic mass is 9.89. The monoisotopic (exact) mass is 244 g/mol. The average molecular weight is 244 g/mol. The number of rotatable bonds is 7. The van der Waals surface area contributed by atoms with Crippen LogP contribution in [0.25, 0.3) is 0 Å². The van der Waals surface area contributed by atoms with E-state index in [-0.39, 0.29) is 23.7 Å². The third kappa shape index (κ3) is 10.00. The van der Waals surface area contributed by atoms with Crippen LogP contribution < -0.4 is 0 Å². The average Bonchev–Trinajstić information content (AvgIpc) is 2.10. The third-order valence-corrected chi connectivity index (χ3v) is 2.04. The molecular weight excluding hydrogens is 220 g/mol. The molecule has 0 aromatic heterocycles. The fourth-order valence-electron chi connectivity index (χ4n) is 1.50. The zero-order valence-electron chi connectivity index (χ0n) is 11.5. The van der Waals surface area contributed by atoms with Gasteiger partial charge in [0, 0.05) is 6.61 Å². The molecule has 0 N–H and O–H groups in total. The summed E-state index contributed by atoms with van der Waals surface area (Å²) < 4.78 is 10.5. The summed E-state index contributed by atoms with van der Waals surface area (Å²) in [6.07, 6.45) is 0.283. The van der Waals surface area contributed by atoms with Crippen LogP contribution in [0.15, 0.2) is 0 Å². The Morgan fingerprint density at radius 3 is 2.24 bits per heavy atom. The molecule has 0 aliphatic carbocycles. The van der Waals surface area contributed by atoms with Gasteiger partial charge in [0.1, 0.15) is 18.3 Å². The summed E-state index contributed by atoms with van der Waals surface area (Å²) in [5.74, 6) is -0.646. The van der Waals surface area contributed by atoms with E-state index in [1.807, 2.05) is 6.92 Å². The van der Waals surface area contributed by atoms with Crippen LogP contribution in [0.5, 0.6) is 0 Å². The van der Waals surface area contributed by atoms with Gasteiger partial charge in [-0.1, -0.05) is 20.8 Å². The number of carbonyl (C=O) groups is 2. The van der Waals surface area contributed by atoms with Crippen LogP contribution in [0, 0.1) is 5.41 Å². The molecule has 100 valence electrons. The summed E-state index contributed by atoms with van der Waals surface area (Å²) in [4.78, 5) is 22.2. The van der Waals surface area contributed by atoms with Crippen molar-refractivity contribution in [3.05, 3.63) is 0 Å². The van der Waals surface area contributed by atoms with Gasteiger partial charge in [-0.15, -0.1) is 0 Å². The maximum atomic E-state index is 11.4. The van der Waals surface area contributed by atoms with E-state index in [2.05, 4.69) is 20.8 Å². The van der Waals surface area contributed by atoms with Gasteiger partial charge in [-0.2, -0.15) is 0 Å². The number of Topliss-reactive ketones (excluding diaryl/α,β-unsaturated/α-hetero) is 1. The minimum absolute atomic E-state index is 0.0538. The second kappa shape index (κ2) is 7.43. The Morgan fingerprint density at radius 1 is 1.24 bits per heavy atom. The fourth-order valence-corrected chi connectivity index (χ4v) is 1.50. The SMILES string of the molecule is CCOCC(CC(C)(C)C)OC(=O)CC(C)=O. The molecule has 1 unspecified atom stereocenters. The lowest BCUT2D eigenvalue weighted by molar-refractivity contribution is -0.155. The van der Waals surface area contributed by atoms with Crippen molar-refractivity contribution in [3.63, 3.8) is 0 Å². The van der Waals surface area contributed by atoms with Gasteiger partial charge in [0.2, 0.25) is 0 Å². The van der Waals surface area contributed by atoms with Crippen molar-refractivity contribution >= 4 is 11.8 Å². The van der Waals surface area contributed by atoms with Crippen molar-refractivity contribution in [2.24, 2.45) is 5.41 Å². The summed E-state index contributed by atoms with van der Waals surface area (Å²) in [7, 11) is 0. The minimum atomic E-state index is -0.466. The summed E-state index contributed by atoms with van der Waals surface area (Å²) >= 11 is 0. The van der Waals surface area contributed by atoms with Crippen molar-refractivity contribution in [1.29, 1.82) is 0 Å². The topological polar surface area (TPSA) is 52.6 Å². The molecule has 0 bridgehead atoms. The minimum Gasteiger partial charge on any atom is -0.460 e. The smallest absolute Gasteiger partial charge is 0.313 e. The first-order chi connectivity index (χ1) is 7.74. The van der Waals surface area contributed by atoms with Crippen LogP contribution in [0.4, 0.5) is 0 Å². The molecule has 4 heteroatoms. The summed E-state index contributed by atoms with van der Waals surface area (Å²) in [5.41, 5.74) is 0.0538. The van der Waals surface area contributed by atoms with Crippen LogP contribution in [0.3, 0.4) is 0 Å². The molecular formula is C13H24O4. The van der Waals surface area contributed by atoms with E-state index < -0.39 is 5.97 Å². The highest BCUT2D eigenvalue weighted by Crippen LogP contribution is 2.22. The second-order valence-corrected chi connectivity index (χ2v) is 5.41. The maximum Gasteiger partial charge on any atom is 0.313 e. The molecule has 4 nitrogen and oxygen atoms in total. The van der Waals surface area contributed by atoms with Crippen molar-refractivity contribution in [2.75, 3.05) is 13.2 Å². The van der Waals surface area contributed by atoms with Crippen LogP contribution in [0.1, 0.15) is 47.5 Å². The molecule has 0 aliphatic heterocycles. The van der Waals surface area contributed by atoms with Gasteiger partial charge in [-0.3, -0.25) is 9.59 Å². The van der Waals surface area contributed by atoms with E-state index in [4.69, 9.17) is 9.47 Å². The Bertz CT molecular complexity index is 253. The molecule has 0 rings (SSSR count). The first-order valence-corrected chi connectivity index (χ1v) is 6.01. The predicted molar refractivity (Wildman–Crippen MR) is 65.7 cm³/mol. The Kier molecular flexibility index (Phi) is 7.04. The van der Waals surface area contributed by atoms with Gasteiger partial charge >= 0.3 is 5.97 Å². The zero-order chi connectivity index (χ0) is 13.5. The molecule has 17 heavy (non-hydrogen) atoms. The van der Waals surface area contributed by atoms with Crippen molar-refractivity contribution < 1.29 is 19.1 Å². The Balaban J connectivity index is 4.27. The Morgan fingerprint density at radius 2 is 1.82 bits per heavy atom. The molecule has 0 aromatic carbocycles. The van der Waals surface area contributed by atoms with E-state index in [0.717, 1.165) is 6.42 Å². The van der Waals surface area contributed by atoms with E-state index >= 15 is 0 Å². The van der Waals surface area contributed by atoms with Crippen molar-refractivity contribution in [1.82, 2.24) is 0 Å². The largest absolute Gasteiger partial charge is 0.460 e. The normalized spacial score (nSPS) is 13.2. The molecule has 0 amide bonds. The lowest BCUT2D eigenvalue weighted by Gasteiger charge is -2.25. The number of hydrogen-bond acceptors (Lipinski definition) is 4. The van der Waals surface area contributed by atoms with E-state index in [1.54, 1.807) is 0 Å². The quantitative estimate of drug-likeness (QED) is 0.509. The van der Waals surface area contributed by atoms with Gasteiger partial charge in [-0.25, -0.2) is 0 Å². The molecule has 0 aromatic rings. The molecule has 0 fully saturated rings. The van der Waals surface area contributed by atoms with E-state index in [1.165, 1.54) is 6.92 Å². The number of ketones is 1. The highest BCUT2D eigenvalue weighted by atomic mass is 16.6. The summed E-state index contributed by atoms with van der Waals surface area (Å²) in [6.45, 7) is 10.5. The van der Waals surface area contributed by atoms with Crippen LogP contribution in [-0.2, 0) is 19.1 Å². The molecule has 0 spiro atoms. The summed E-state index contributed by atoms with van der Waals surface area (Å²) in [6, 6.07) is 0. The number of esters is 1. The van der Waals surface area contributed by atoms with Crippen LogP contribution >= 0.6 is 0 Å². The lowest BCUT2D eigenvalue weighted by Crippen LogP contribution is -2.29. The number of ether oxygens (including phenoxy) is 2. The molecule has 0 aliphatic rings. The van der Waals surface area contributed by atoms with Gasteiger partial charge < -0.3 is 9.47 Å².